The molecule has 16 aromatic rings. The minimum absolute atomic E-state index is 0.815. The fraction of sp³-hybridized carbons (Fsp3) is 0. The fourth-order valence-electron chi connectivity index (χ4n) is 12.7. The molecule has 0 aliphatic carbocycles. The summed E-state index contributed by atoms with van der Waals surface area (Å²) in [4.78, 5) is 4.83. The highest BCUT2D eigenvalue weighted by molar-refractivity contribution is 6.22. The van der Waals surface area contributed by atoms with Crippen molar-refractivity contribution in [2.24, 2.45) is 0 Å². The SMILES string of the molecule is c1ccc(-c2cc(-c3ccccc3)cc(N(c3cccc(N(c4cccc(-c5ccccc5)c4)c4cccc5oc6cc(-c7ccc8c9c%10ccccc%10ccc9n(-c9ccccc9)c8c7)ccc6c45)c3)c3ccc4ccccc4c3)c2)cc1. The molecular weight excluding hydrogens is 1020 g/mol. The van der Waals surface area contributed by atoms with Gasteiger partial charge in [0, 0.05) is 50.3 Å². The number of hydrogen-bond donors (Lipinski definition) is 0. The Hall–Kier alpha value is -11.2. The Balaban J connectivity index is 0.878. The van der Waals surface area contributed by atoms with Crippen molar-refractivity contribution in [3.05, 3.63) is 322 Å². The van der Waals surface area contributed by atoms with Crippen LogP contribution < -0.4 is 9.80 Å². The Morgan fingerprint density at radius 1 is 0.238 bits per heavy atom. The molecule has 0 N–H and O–H groups in total. The number of hydrogen-bond acceptors (Lipinski definition) is 3. The van der Waals surface area contributed by atoms with Gasteiger partial charge in [0.05, 0.1) is 22.1 Å². The quantitative estimate of drug-likeness (QED) is 0.129. The summed E-state index contributed by atoms with van der Waals surface area (Å²) in [6.45, 7) is 0. The van der Waals surface area contributed by atoms with Gasteiger partial charge < -0.3 is 18.8 Å². The molecule has 0 saturated heterocycles. The van der Waals surface area contributed by atoms with Gasteiger partial charge in [-0.3, -0.25) is 0 Å². The van der Waals surface area contributed by atoms with E-state index >= 15 is 0 Å². The summed E-state index contributed by atoms with van der Waals surface area (Å²) in [5, 5.41) is 9.41. The molecule has 2 heterocycles. The van der Waals surface area contributed by atoms with Crippen molar-refractivity contribution in [3.63, 3.8) is 0 Å². The van der Waals surface area contributed by atoms with E-state index in [1.165, 1.54) is 37.8 Å². The summed E-state index contributed by atoms with van der Waals surface area (Å²) in [5.74, 6) is 0. The molecule has 0 saturated carbocycles. The average molecular weight is 1070 g/mol. The lowest BCUT2D eigenvalue weighted by Crippen LogP contribution is -2.13. The molecule has 0 aliphatic rings. The predicted molar refractivity (Wildman–Crippen MR) is 354 cm³/mol. The first-order chi connectivity index (χ1) is 41.6. The normalized spacial score (nSPS) is 11.6. The highest BCUT2D eigenvalue weighted by atomic mass is 16.3. The first kappa shape index (κ1) is 48.7. The molecule has 0 atom stereocenters. The number of anilines is 6. The lowest BCUT2D eigenvalue weighted by atomic mass is 9.97. The molecule has 0 aliphatic heterocycles. The van der Waals surface area contributed by atoms with E-state index in [0.717, 1.165) is 112 Å². The van der Waals surface area contributed by atoms with E-state index in [2.05, 4.69) is 336 Å². The molecular formula is C80H53N3O. The van der Waals surface area contributed by atoms with Crippen LogP contribution in [0, 0.1) is 0 Å². The molecule has 0 radical (unpaired) electrons. The number of nitrogens with zero attached hydrogens (tertiary/aromatic N) is 3. The Bertz CT molecular complexity index is 5080. The number of aromatic nitrogens is 1. The number of fused-ring (bicyclic) bond motifs is 9. The van der Waals surface area contributed by atoms with E-state index in [0.29, 0.717) is 0 Å². The van der Waals surface area contributed by atoms with E-state index in [1.807, 2.05) is 0 Å². The van der Waals surface area contributed by atoms with Gasteiger partial charge in [0.25, 0.3) is 0 Å². The molecule has 0 unspecified atom stereocenters. The highest BCUT2D eigenvalue weighted by Gasteiger charge is 2.24. The van der Waals surface area contributed by atoms with Gasteiger partial charge in [0.2, 0.25) is 0 Å². The maximum absolute atomic E-state index is 7.01. The molecule has 14 aromatic carbocycles. The van der Waals surface area contributed by atoms with Crippen molar-refractivity contribution < 1.29 is 4.42 Å². The first-order valence-electron chi connectivity index (χ1n) is 28.7. The Morgan fingerprint density at radius 3 is 1.49 bits per heavy atom. The van der Waals surface area contributed by atoms with Crippen LogP contribution in [0.1, 0.15) is 0 Å². The summed E-state index contributed by atoms with van der Waals surface area (Å²) >= 11 is 0. The van der Waals surface area contributed by atoms with E-state index in [1.54, 1.807) is 0 Å². The minimum Gasteiger partial charge on any atom is -0.456 e. The molecule has 4 nitrogen and oxygen atoms in total. The van der Waals surface area contributed by atoms with Gasteiger partial charge in [-0.25, -0.2) is 0 Å². The van der Waals surface area contributed by atoms with Crippen LogP contribution in [-0.4, -0.2) is 4.57 Å². The van der Waals surface area contributed by atoms with Crippen molar-refractivity contribution in [1.29, 1.82) is 0 Å². The van der Waals surface area contributed by atoms with Crippen molar-refractivity contribution in [3.8, 4) is 50.2 Å². The monoisotopic (exact) mass is 1070 g/mol. The van der Waals surface area contributed by atoms with Gasteiger partial charge in [0.15, 0.2) is 0 Å². The third kappa shape index (κ3) is 8.55. The van der Waals surface area contributed by atoms with Crippen LogP contribution in [0.15, 0.2) is 326 Å². The largest absolute Gasteiger partial charge is 0.456 e. The highest BCUT2D eigenvalue weighted by Crippen LogP contribution is 2.48. The summed E-state index contributed by atoms with van der Waals surface area (Å²) in [6.07, 6.45) is 0. The molecule has 0 fully saturated rings. The third-order valence-electron chi connectivity index (χ3n) is 16.7. The summed E-state index contributed by atoms with van der Waals surface area (Å²) in [6, 6.07) is 116. The van der Waals surface area contributed by atoms with Gasteiger partial charge in [-0.2, -0.15) is 0 Å². The van der Waals surface area contributed by atoms with Crippen LogP contribution in [0.4, 0.5) is 34.1 Å². The maximum atomic E-state index is 7.01. The zero-order valence-corrected chi connectivity index (χ0v) is 45.8. The van der Waals surface area contributed by atoms with Crippen LogP contribution in [0.2, 0.25) is 0 Å². The minimum atomic E-state index is 0.815. The second kappa shape index (κ2) is 20.4. The zero-order chi connectivity index (χ0) is 55.5. The molecule has 0 bridgehead atoms. The summed E-state index contributed by atoms with van der Waals surface area (Å²) < 4.78 is 9.43. The number of furan rings is 1. The Morgan fingerprint density at radius 2 is 0.762 bits per heavy atom. The van der Waals surface area contributed by atoms with Crippen LogP contribution >= 0.6 is 0 Å². The summed E-state index contributed by atoms with van der Waals surface area (Å²) in [5.41, 5.74) is 20.3. The van der Waals surface area contributed by atoms with E-state index in [9.17, 15) is 0 Å². The van der Waals surface area contributed by atoms with Crippen LogP contribution in [0.5, 0.6) is 0 Å². The number of benzene rings is 14. The van der Waals surface area contributed by atoms with E-state index in [4.69, 9.17) is 4.42 Å². The average Bonchev–Trinajstić information content (AvgIpc) is 3.59. The topological polar surface area (TPSA) is 24.6 Å². The molecule has 0 spiro atoms. The molecule has 16 rings (SSSR count). The smallest absolute Gasteiger partial charge is 0.137 e. The third-order valence-corrected chi connectivity index (χ3v) is 16.7. The second-order valence-corrected chi connectivity index (χ2v) is 21.7. The Kier molecular flexibility index (Phi) is 11.8. The first-order valence-corrected chi connectivity index (χ1v) is 28.7. The molecule has 394 valence electrons. The van der Waals surface area contributed by atoms with Crippen molar-refractivity contribution >= 4 is 99.4 Å². The van der Waals surface area contributed by atoms with Gasteiger partial charge in [0.1, 0.15) is 11.2 Å². The zero-order valence-electron chi connectivity index (χ0n) is 45.8. The van der Waals surface area contributed by atoms with Gasteiger partial charge in [-0.05, 0) is 175 Å². The lowest BCUT2D eigenvalue weighted by Gasteiger charge is -2.30. The molecule has 4 heteroatoms. The molecule has 2 aromatic heterocycles. The van der Waals surface area contributed by atoms with Crippen LogP contribution in [0.3, 0.4) is 0 Å². The van der Waals surface area contributed by atoms with Gasteiger partial charge in [-0.15, -0.1) is 0 Å². The van der Waals surface area contributed by atoms with Crippen LogP contribution in [0.25, 0.3) is 115 Å². The van der Waals surface area contributed by atoms with Gasteiger partial charge >= 0.3 is 0 Å². The standard InChI is InChI=1S/C80H53N3O/c1-5-20-54(21-6-1)60-29-17-32-66(47-60)82(68-34-18-33-67(53-68)81(69-42-38-57-26-13-14-28-59(57)48-69)70-49-63(55-22-7-2-8-23-55)46-64(50-70)56-24-9-3-10-25-56)74-36-19-37-77-80(74)73-44-40-62(52-78(73)84-77)61-39-43-72-76(51-61)83(65-30-11-4-12-31-65)75-45-41-58-27-15-16-35-71(58)79(72)75/h1-53H. The fourth-order valence-corrected chi connectivity index (χ4v) is 12.7. The lowest BCUT2D eigenvalue weighted by molar-refractivity contribution is 0.669. The Labute approximate surface area is 487 Å². The number of para-hydroxylation sites is 1. The molecule has 84 heavy (non-hydrogen) atoms. The maximum Gasteiger partial charge on any atom is 0.137 e. The number of rotatable bonds is 11. The van der Waals surface area contributed by atoms with E-state index in [-0.39, 0.29) is 0 Å². The van der Waals surface area contributed by atoms with Gasteiger partial charge in [-0.1, -0.05) is 212 Å². The van der Waals surface area contributed by atoms with E-state index < -0.39 is 0 Å². The predicted octanol–water partition coefficient (Wildman–Crippen LogP) is 22.6. The van der Waals surface area contributed by atoms with Crippen molar-refractivity contribution in [2.45, 2.75) is 0 Å². The second-order valence-electron chi connectivity index (χ2n) is 21.7. The summed E-state index contributed by atoms with van der Waals surface area (Å²) in [7, 11) is 0. The molecule has 0 amide bonds. The van der Waals surface area contributed by atoms with Crippen molar-refractivity contribution in [2.75, 3.05) is 9.80 Å². The van der Waals surface area contributed by atoms with Crippen LogP contribution in [-0.2, 0) is 0 Å². The van der Waals surface area contributed by atoms with Crippen molar-refractivity contribution in [1.82, 2.24) is 4.57 Å².